The SMILES string of the molecule is COc1ccc(Cn2c(CO)nc3ccccc32)cc1. The van der Waals surface area contributed by atoms with Crippen molar-refractivity contribution in [2.24, 2.45) is 0 Å². The molecule has 0 fully saturated rings. The lowest BCUT2D eigenvalue weighted by Crippen LogP contribution is -2.05. The lowest BCUT2D eigenvalue weighted by atomic mass is 10.2. The highest BCUT2D eigenvalue weighted by molar-refractivity contribution is 5.76. The summed E-state index contributed by atoms with van der Waals surface area (Å²) in [5.74, 6) is 1.52. The lowest BCUT2D eigenvalue weighted by molar-refractivity contribution is 0.267. The van der Waals surface area contributed by atoms with Gasteiger partial charge in [-0.1, -0.05) is 24.3 Å². The molecule has 1 N–H and O–H groups in total. The lowest BCUT2D eigenvalue weighted by Gasteiger charge is -2.08. The van der Waals surface area contributed by atoms with Gasteiger partial charge in [0.05, 0.1) is 18.1 Å². The first-order valence-corrected chi connectivity index (χ1v) is 6.50. The summed E-state index contributed by atoms with van der Waals surface area (Å²) in [6.45, 7) is 0.616. The number of ether oxygens (including phenoxy) is 1. The van der Waals surface area contributed by atoms with Gasteiger partial charge in [-0.2, -0.15) is 0 Å². The van der Waals surface area contributed by atoms with Crippen molar-refractivity contribution in [1.29, 1.82) is 0 Å². The summed E-state index contributed by atoms with van der Waals surface area (Å²) in [5, 5.41) is 9.48. The normalized spacial score (nSPS) is 10.9. The van der Waals surface area contributed by atoms with Crippen molar-refractivity contribution in [2.75, 3.05) is 7.11 Å². The number of methoxy groups -OCH3 is 1. The van der Waals surface area contributed by atoms with Crippen LogP contribution in [0.15, 0.2) is 48.5 Å². The predicted molar refractivity (Wildman–Crippen MR) is 77.8 cm³/mol. The highest BCUT2D eigenvalue weighted by atomic mass is 16.5. The molecule has 4 heteroatoms. The number of aromatic nitrogens is 2. The van der Waals surface area contributed by atoms with Crippen LogP contribution in [0.25, 0.3) is 11.0 Å². The van der Waals surface area contributed by atoms with Gasteiger partial charge in [0, 0.05) is 6.54 Å². The van der Waals surface area contributed by atoms with Crippen LogP contribution in [0.2, 0.25) is 0 Å². The fraction of sp³-hybridized carbons (Fsp3) is 0.188. The molecule has 20 heavy (non-hydrogen) atoms. The van der Waals surface area contributed by atoms with Gasteiger partial charge in [0.2, 0.25) is 0 Å². The van der Waals surface area contributed by atoms with Crippen LogP contribution in [-0.2, 0) is 13.2 Å². The third-order valence-corrected chi connectivity index (χ3v) is 3.37. The fourth-order valence-corrected chi connectivity index (χ4v) is 2.34. The maximum Gasteiger partial charge on any atom is 0.136 e. The quantitative estimate of drug-likeness (QED) is 0.791. The average Bonchev–Trinajstić information content (AvgIpc) is 2.86. The predicted octanol–water partition coefficient (Wildman–Crippen LogP) is 2.59. The highest BCUT2D eigenvalue weighted by Gasteiger charge is 2.09. The maximum absolute atomic E-state index is 9.48. The molecule has 0 aliphatic heterocycles. The largest absolute Gasteiger partial charge is 0.497 e. The van der Waals surface area contributed by atoms with E-state index in [0.717, 1.165) is 22.3 Å². The second kappa shape index (κ2) is 5.35. The summed E-state index contributed by atoms with van der Waals surface area (Å²) in [4.78, 5) is 4.45. The van der Waals surface area contributed by atoms with Gasteiger partial charge in [0.25, 0.3) is 0 Å². The Bertz CT molecular complexity index is 717. The average molecular weight is 268 g/mol. The summed E-state index contributed by atoms with van der Waals surface area (Å²) in [6, 6.07) is 15.8. The van der Waals surface area contributed by atoms with E-state index in [1.165, 1.54) is 0 Å². The van der Waals surface area contributed by atoms with Gasteiger partial charge in [-0.25, -0.2) is 4.98 Å². The minimum atomic E-state index is -0.0646. The van der Waals surface area contributed by atoms with E-state index in [0.29, 0.717) is 12.4 Å². The fourth-order valence-electron chi connectivity index (χ4n) is 2.34. The Morgan fingerprint density at radius 2 is 1.85 bits per heavy atom. The number of hydrogen-bond acceptors (Lipinski definition) is 3. The van der Waals surface area contributed by atoms with Crippen LogP contribution in [-0.4, -0.2) is 21.8 Å². The number of benzene rings is 2. The van der Waals surface area contributed by atoms with E-state index in [1.54, 1.807) is 7.11 Å². The summed E-state index contributed by atoms with van der Waals surface area (Å²) < 4.78 is 7.20. The van der Waals surface area contributed by atoms with E-state index in [-0.39, 0.29) is 6.61 Å². The minimum Gasteiger partial charge on any atom is -0.497 e. The Balaban J connectivity index is 2.00. The number of aliphatic hydroxyl groups is 1. The Labute approximate surface area is 117 Å². The number of para-hydroxylation sites is 2. The van der Waals surface area contributed by atoms with Crippen molar-refractivity contribution in [3.05, 3.63) is 59.9 Å². The molecule has 1 aromatic heterocycles. The molecule has 102 valence electrons. The molecule has 0 amide bonds. The van der Waals surface area contributed by atoms with Crippen LogP contribution >= 0.6 is 0 Å². The second-order valence-corrected chi connectivity index (χ2v) is 4.61. The molecule has 3 rings (SSSR count). The van der Waals surface area contributed by atoms with Gasteiger partial charge in [0.1, 0.15) is 18.2 Å². The highest BCUT2D eigenvalue weighted by Crippen LogP contribution is 2.19. The first-order valence-electron chi connectivity index (χ1n) is 6.50. The van der Waals surface area contributed by atoms with Gasteiger partial charge in [-0.3, -0.25) is 0 Å². The molecular formula is C16H16N2O2. The van der Waals surface area contributed by atoms with Crippen molar-refractivity contribution in [3.63, 3.8) is 0 Å². The Hall–Kier alpha value is -2.33. The summed E-state index contributed by atoms with van der Waals surface area (Å²) in [5.41, 5.74) is 3.08. The Morgan fingerprint density at radius 1 is 1.10 bits per heavy atom. The van der Waals surface area contributed by atoms with Crippen molar-refractivity contribution >= 4 is 11.0 Å². The van der Waals surface area contributed by atoms with E-state index in [4.69, 9.17) is 4.74 Å². The molecule has 3 aromatic rings. The third-order valence-electron chi connectivity index (χ3n) is 3.37. The van der Waals surface area contributed by atoms with Crippen LogP contribution in [0.3, 0.4) is 0 Å². The topological polar surface area (TPSA) is 47.3 Å². The molecule has 0 radical (unpaired) electrons. The van der Waals surface area contributed by atoms with E-state index >= 15 is 0 Å². The maximum atomic E-state index is 9.48. The number of aliphatic hydroxyl groups excluding tert-OH is 1. The third kappa shape index (κ3) is 2.26. The number of hydrogen-bond donors (Lipinski definition) is 1. The van der Waals surface area contributed by atoms with Crippen LogP contribution in [0, 0.1) is 0 Å². The van der Waals surface area contributed by atoms with Crippen LogP contribution in [0.1, 0.15) is 11.4 Å². The van der Waals surface area contributed by atoms with Crippen molar-refractivity contribution < 1.29 is 9.84 Å². The van der Waals surface area contributed by atoms with E-state index < -0.39 is 0 Å². The number of imidazole rings is 1. The molecular weight excluding hydrogens is 252 g/mol. The molecule has 0 saturated heterocycles. The second-order valence-electron chi connectivity index (χ2n) is 4.61. The molecule has 0 aliphatic carbocycles. The molecule has 4 nitrogen and oxygen atoms in total. The van der Waals surface area contributed by atoms with Crippen LogP contribution in [0.4, 0.5) is 0 Å². The first-order chi connectivity index (χ1) is 9.81. The van der Waals surface area contributed by atoms with E-state index in [2.05, 4.69) is 4.98 Å². The van der Waals surface area contributed by atoms with Crippen molar-refractivity contribution in [1.82, 2.24) is 9.55 Å². The zero-order valence-electron chi connectivity index (χ0n) is 11.3. The van der Waals surface area contributed by atoms with Gasteiger partial charge in [-0.05, 0) is 29.8 Å². The van der Waals surface area contributed by atoms with Crippen LogP contribution < -0.4 is 4.74 Å². The zero-order valence-corrected chi connectivity index (χ0v) is 11.3. The zero-order chi connectivity index (χ0) is 13.9. The van der Waals surface area contributed by atoms with Gasteiger partial charge < -0.3 is 14.4 Å². The van der Waals surface area contributed by atoms with E-state index in [1.807, 2.05) is 53.1 Å². The van der Waals surface area contributed by atoms with Gasteiger partial charge in [0.15, 0.2) is 0 Å². The first kappa shape index (κ1) is 12.7. The summed E-state index contributed by atoms with van der Waals surface area (Å²) in [7, 11) is 1.66. The molecule has 0 bridgehead atoms. The smallest absolute Gasteiger partial charge is 0.136 e. The number of nitrogens with zero attached hydrogens (tertiary/aromatic N) is 2. The Morgan fingerprint density at radius 3 is 2.55 bits per heavy atom. The summed E-state index contributed by atoms with van der Waals surface area (Å²) in [6.07, 6.45) is 0. The minimum absolute atomic E-state index is 0.0646. The summed E-state index contributed by atoms with van der Waals surface area (Å²) >= 11 is 0. The van der Waals surface area contributed by atoms with Crippen LogP contribution in [0.5, 0.6) is 5.75 Å². The molecule has 0 aliphatic rings. The number of rotatable bonds is 4. The molecule has 0 spiro atoms. The Kier molecular flexibility index (Phi) is 3.39. The monoisotopic (exact) mass is 268 g/mol. The molecule has 0 saturated carbocycles. The molecule has 2 aromatic carbocycles. The molecule has 0 unspecified atom stereocenters. The van der Waals surface area contributed by atoms with Gasteiger partial charge in [-0.15, -0.1) is 0 Å². The van der Waals surface area contributed by atoms with Gasteiger partial charge >= 0.3 is 0 Å². The van der Waals surface area contributed by atoms with E-state index in [9.17, 15) is 5.11 Å². The molecule has 1 heterocycles. The van der Waals surface area contributed by atoms with Crippen molar-refractivity contribution in [2.45, 2.75) is 13.2 Å². The standard InChI is InChI=1S/C16H16N2O2/c1-20-13-8-6-12(7-9-13)10-18-15-5-3-2-4-14(15)17-16(18)11-19/h2-9,19H,10-11H2,1H3. The molecule has 0 atom stereocenters. The number of fused-ring (bicyclic) bond motifs is 1. The van der Waals surface area contributed by atoms with Crippen molar-refractivity contribution in [3.8, 4) is 5.75 Å².